The number of anilines is 1. The van der Waals surface area contributed by atoms with Crippen LogP contribution in [0, 0.1) is 0 Å². The largest absolute Gasteiger partial charge is 0.373 e. The quantitative estimate of drug-likeness (QED) is 0.849. The van der Waals surface area contributed by atoms with Gasteiger partial charge in [-0.15, -0.1) is 0 Å². The van der Waals surface area contributed by atoms with E-state index in [0.717, 1.165) is 39.0 Å². The molecule has 1 spiro atoms. The highest BCUT2D eigenvalue weighted by Crippen LogP contribution is 2.38. The van der Waals surface area contributed by atoms with Gasteiger partial charge in [-0.25, -0.2) is 4.98 Å². The van der Waals surface area contributed by atoms with E-state index < -0.39 is 0 Å². The standard InChI is InChI=1S/C20H26N4O2/c1-22-13-10-21-18(22)19(25)24-11-8-20(9-12-24)14-17(15-26-20)23(2)16-6-4-3-5-7-16/h3-7,10,13,17H,8-9,11-12,14-15H2,1-2H3/t17-/m0/s1. The number of benzene rings is 1. The number of ether oxygens (including phenoxy) is 1. The molecule has 4 rings (SSSR count). The number of hydrogen-bond donors (Lipinski definition) is 0. The Balaban J connectivity index is 1.37. The Morgan fingerprint density at radius 1 is 1.27 bits per heavy atom. The molecule has 0 N–H and O–H groups in total. The Morgan fingerprint density at radius 3 is 2.65 bits per heavy atom. The number of aryl methyl sites for hydroxylation is 1. The fourth-order valence-electron chi connectivity index (χ4n) is 4.12. The second-order valence-electron chi connectivity index (χ2n) is 7.45. The van der Waals surface area contributed by atoms with E-state index in [1.807, 2.05) is 24.2 Å². The van der Waals surface area contributed by atoms with Crippen molar-refractivity contribution in [2.45, 2.75) is 30.9 Å². The van der Waals surface area contributed by atoms with E-state index >= 15 is 0 Å². The number of carbonyl (C=O) groups excluding carboxylic acids is 1. The van der Waals surface area contributed by atoms with Crippen LogP contribution in [-0.2, 0) is 11.8 Å². The lowest BCUT2D eigenvalue weighted by atomic mass is 9.87. The van der Waals surface area contributed by atoms with Crippen molar-refractivity contribution in [2.24, 2.45) is 7.05 Å². The third-order valence-corrected chi connectivity index (χ3v) is 5.88. The van der Waals surface area contributed by atoms with Crippen LogP contribution in [0.4, 0.5) is 5.69 Å². The lowest BCUT2D eigenvalue weighted by Gasteiger charge is -2.38. The monoisotopic (exact) mass is 354 g/mol. The number of likely N-dealkylation sites (tertiary alicyclic amines) is 1. The smallest absolute Gasteiger partial charge is 0.289 e. The first-order chi connectivity index (χ1) is 12.6. The summed E-state index contributed by atoms with van der Waals surface area (Å²) < 4.78 is 8.06. The van der Waals surface area contributed by atoms with Gasteiger partial charge in [0, 0.05) is 45.3 Å². The summed E-state index contributed by atoms with van der Waals surface area (Å²) in [6.07, 6.45) is 6.28. The zero-order chi connectivity index (χ0) is 18.1. The average molecular weight is 354 g/mol. The molecule has 138 valence electrons. The molecule has 0 bridgehead atoms. The molecule has 1 amide bonds. The van der Waals surface area contributed by atoms with Crippen molar-refractivity contribution in [3.8, 4) is 0 Å². The van der Waals surface area contributed by atoms with Crippen LogP contribution < -0.4 is 4.90 Å². The molecule has 1 aromatic carbocycles. The lowest BCUT2D eigenvalue weighted by Crippen LogP contribution is -2.47. The van der Waals surface area contributed by atoms with Gasteiger partial charge in [-0.2, -0.15) is 0 Å². The van der Waals surface area contributed by atoms with Gasteiger partial charge in [-0.1, -0.05) is 18.2 Å². The van der Waals surface area contributed by atoms with E-state index in [1.165, 1.54) is 5.69 Å². The Hall–Kier alpha value is -2.34. The average Bonchev–Trinajstić information content (AvgIpc) is 3.29. The van der Waals surface area contributed by atoms with E-state index in [0.29, 0.717) is 11.9 Å². The molecule has 0 unspecified atom stereocenters. The second kappa shape index (κ2) is 6.76. The van der Waals surface area contributed by atoms with Crippen LogP contribution >= 0.6 is 0 Å². The number of likely N-dealkylation sites (N-methyl/N-ethyl adjacent to an activating group) is 1. The molecule has 2 aliphatic rings. The van der Waals surface area contributed by atoms with Crippen LogP contribution in [-0.4, -0.2) is 58.7 Å². The maximum absolute atomic E-state index is 12.6. The van der Waals surface area contributed by atoms with Crippen molar-refractivity contribution in [2.75, 3.05) is 31.6 Å². The van der Waals surface area contributed by atoms with Gasteiger partial charge in [0.2, 0.25) is 0 Å². The highest BCUT2D eigenvalue weighted by Gasteiger charge is 2.44. The topological polar surface area (TPSA) is 50.6 Å². The molecule has 6 heteroatoms. The fourth-order valence-corrected chi connectivity index (χ4v) is 4.12. The van der Waals surface area contributed by atoms with Gasteiger partial charge in [0.1, 0.15) is 0 Å². The number of imidazole rings is 1. The summed E-state index contributed by atoms with van der Waals surface area (Å²) in [6, 6.07) is 10.8. The van der Waals surface area contributed by atoms with E-state index in [1.54, 1.807) is 10.8 Å². The van der Waals surface area contributed by atoms with Crippen LogP contribution in [0.2, 0.25) is 0 Å². The van der Waals surface area contributed by atoms with Gasteiger partial charge in [0.15, 0.2) is 5.82 Å². The highest BCUT2D eigenvalue weighted by molar-refractivity contribution is 5.90. The van der Waals surface area contributed by atoms with Crippen molar-refractivity contribution >= 4 is 11.6 Å². The summed E-state index contributed by atoms with van der Waals surface area (Å²) in [7, 11) is 4.00. The van der Waals surface area contributed by atoms with Crippen LogP contribution in [0.3, 0.4) is 0 Å². The van der Waals surface area contributed by atoms with Gasteiger partial charge >= 0.3 is 0 Å². The first-order valence-electron chi connectivity index (χ1n) is 9.26. The van der Waals surface area contributed by atoms with Gasteiger partial charge in [0.25, 0.3) is 5.91 Å². The first-order valence-corrected chi connectivity index (χ1v) is 9.26. The second-order valence-corrected chi connectivity index (χ2v) is 7.45. The predicted molar refractivity (Wildman–Crippen MR) is 100 cm³/mol. The molecule has 2 aliphatic heterocycles. The fraction of sp³-hybridized carbons (Fsp3) is 0.500. The number of amides is 1. The minimum Gasteiger partial charge on any atom is -0.373 e. The number of para-hydroxylation sites is 1. The Morgan fingerprint density at radius 2 is 2.00 bits per heavy atom. The van der Waals surface area contributed by atoms with Gasteiger partial charge in [0.05, 0.1) is 18.2 Å². The van der Waals surface area contributed by atoms with E-state index in [2.05, 4.69) is 41.2 Å². The summed E-state index contributed by atoms with van der Waals surface area (Å²) in [5.41, 5.74) is 1.13. The Bertz CT molecular complexity index is 765. The maximum Gasteiger partial charge on any atom is 0.289 e. The van der Waals surface area contributed by atoms with Gasteiger partial charge < -0.3 is 19.1 Å². The van der Waals surface area contributed by atoms with Crippen molar-refractivity contribution in [3.63, 3.8) is 0 Å². The van der Waals surface area contributed by atoms with Gasteiger partial charge in [-0.3, -0.25) is 4.79 Å². The molecule has 1 aromatic heterocycles. The summed E-state index contributed by atoms with van der Waals surface area (Å²) in [6.45, 7) is 2.21. The molecule has 2 fully saturated rings. The molecule has 6 nitrogen and oxygen atoms in total. The number of hydrogen-bond acceptors (Lipinski definition) is 4. The molecule has 0 radical (unpaired) electrons. The van der Waals surface area contributed by atoms with Gasteiger partial charge in [-0.05, 0) is 31.4 Å². The van der Waals surface area contributed by atoms with Crippen molar-refractivity contribution < 1.29 is 9.53 Å². The predicted octanol–water partition coefficient (Wildman–Crippen LogP) is 2.32. The molecule has 1 atom stereocenters. The normalized spacial score (nSPS) is 21.9. The molecule has 0 saturated carbocycles. The maximum atomic E-state index is 12.6. The summed E-state index contributed by atoms with van der Waals surface area (Å²) in [5, 5.41) is 0. The van der Waals surface area contributed by atoms with E-state index in [-0.39, 0.29) is 11.5 Å². The number of nitrogens with zero attached hydrogens (tertiary/aromatic N) is 4. The number of rotatable bonds is 3. The highest BCUT2D eigenvalue weighted by atomic mass is 16.5. The number of carbonyl (C=O) groups is 1. The number of piperidine rings is 1. The van der Waals surface area contributed by atoms with E-state index in [9.17, 15) is 4.79 Å². The molecular formula is C20H26N4O2. The third-order valence-electron chi connectivity index (χ3n) is 5.88. The Kier molecular flexibility index (Phi) is 4.44. The molecule has 26 heavy (non-hydrogen) atoms. The molecule has 2 saturated heterocycles. The van der Waals surface area contributed by atoms with Crippen molar-refractivity contribution in [1.82, 2.24) is 14.5 Å². The zero-order valence-corrected chi connectivity index (χ0v) is 15.5. The molecule has 2 aromatic rings. The molecule has 3 heterocycles. The summed E-state index contributed by atoms with van der Waals surface area (Å²) >= 11 is 0. The van der Waals surface area contributed by atoms with Crippen LogP contribution in [0.15, 0.2) is 42.7 Å². The minimum atomic E-state index is -0.0911. The third kappa shape index (κ3) is 3.09. The number of aromatic nitrogens is 2. The lowest BCUT2D eigenvalue weighted by molar-refractivity contribution is -0.0390. The molecule has 0 aliphatic carbocycles. The van der Waals surface area contributed by atoms with Crippen molar-refractivity contribution in [1.29, 1.82) is 0 Å². The van der Waals surface area contributed by atoms with Crippen molar-refractivity contribution in [3.05, 3.63) is 48.5 Å². The zero-order valence-electron chi connectivity index (χ0n) is 15.5. The van der Waals surface area contributed by atoms with Crippen LogP contribution in [0.5, 0.6) is 0 Å². The minimum absolute atomic E-state index is 0.0169. The molecular weight excluding hydrogens is 328 g/mol. The van der Waals surface area contributed by atoms with Crippen LogP contribution in [0.25, 0.3) is 0 Å². The Labute approximate surface area is 154 Å². The van der Waals surface area contributed by atoms with Crippen LogP contribution in [0.1, 0.15) is 29.9 Å². The first kappa shape index (κ1) is 17.1. The SMILES string of the molecule is CN(c1ccccc1)[C@@H]1COC2(CCN(C(=O)c3nccn3C)CC2)C1. The summed E-state index contributed by atoms with van der Waals surface area (Å²) in [4.78, 5) is 21.0. The summed E-state index contributed by atoms with van der Waals surface area (Å²) in [5.74, 6) is 0.526. The van der Waals surface area contributed by atoms with E-state index in [4.69, 9.17) is 4.74 Å².